The van der Waals surface area contributed by atoms with E-state index in [1.807, 2.05) is 24.3 Å². The number of carbonyl (C=O) groups excluding carboxylic acids is 1. The van der Waals surface area contributed by atoms with Gasteiger partial charge in [-0.25, -0.2) is 4.79 Å². The van der Waals surface area contributed by atoms with E-state index < -0.39 is 0 Å². The molecular weight excluding hydrogens is 268 g/mol. The molecule has 110 valence electrons. The largest absolute Gasteiger partial charge is 0.497 e. The predicted molar refractivity (Wildman–Crippen MR) is 78.9 cm³/mol. The second kappa shape index (κ2) is 7.51. The van der Waals surface area contributed by atoms with Gasteiger partial charge in [0.15, 0.2) is 0 Å². The van der Waals surface area contributed by atoms with Gasteiger partial charge < -0.3 is 14.2 Å². The number of methoxy groups -OCH3 is 2. The zero-order chi connectivity index (χ0) is 15.1. The molecule has 0 amide bonds. The van der Waals surface area contributed by atoms with Crippen LogP contribution in [0.1, 0.15) is 18.4 Å². The average molecular weight is 286 g/mol. The average Bonchev–Trinajstić information content (AvgIpc) is 3.28. The smallest absolute Gasteiger partial charge is 0.330 e. The van der Waals surface area contributed by atoms with E-state index in [0.717, 1.165) is 24.2 Å². The molecule has 1 saturated heterocycles. The summed E-state index contributed by atoms with van der Waals surface area (Å²) in [6.07, 6.45) is 4.93. The lowest BCUT2D eigenvalue weighted by Crippen LogP contribution is -1.96. The second-order valence-corrected chi connectivity index (χ2v) is 4.59. The molecule has 0 unspecified atom stereocenters. The molecule has 0 spiro atoms. The first-order valence-corrected chi connectivity index (χ1v) is 6.77. The highest BCUT2D eigenvalue weighted by Gasteiger charge is 2.35. The maximum absolute atomic E-state index is 10.9. The van der Waals surface area contributed by atoms with Crippen molar-refractivity contribution in [3.05, 3.63) is 42.0 Å². The molecule has 2 rings (SSSR count). The van der Waals surface area contributed by atoms with Crippen molar-refractivity contribution in [1.29, 1.82) is 0 Å². The zero-order valence-corrected chi connectivity index (χ0v) is 12.2. The van der Waals surface area contributed by atoms with Gasteiger partial charge >= 0.3 is 5.97 Å². The SMILES string of the molecule is COC(=O)/C=C/[C@@H]1O[C@H]1CCC#Cc1ccc(OC)cc1. The number of ether oxygens (including phenoxy) is 3. The third-order valence-electron chi connectivity index (χ3n) is 3.12. The Morgan fingerprint density at radius 1 is 1.33 bits per heavy atom. The van der Waals surface area contributed by atoms with Crippen LogP contribution in [-0.4, -0.2) is 32.4 Å². The number of benzene rings is 1. The summed E-state index contributed by atoms with van der Waals surface area (Å²) in [5, 5.41) is 0. The molecule has 0 saturated carbocycles. The van der Waals surface area contributed by atoms with E-state index in [2.05, 4.69) is 16.6 Å². The summed E-state index contributed by atoms with van der Waals surface area (Å²) < 4.78 is 15.0. The topological polar surface area (TPSA) is 48.1 Å². The van der Waals surface area contributed by atoms with Gasteiger partial charge in [0, 0.05) is 18.1 Å². The van der Waals surface area contributed by atoms with E-state index in [1.54, 1.807) is 13.2 Å². The number of epoxide rings is 1. The minimum Gasteiger partial charge on any atom is -0.497 e. The minimum atomic E-state index is -0.358. The maximum Gasteiger partial charge on any atom is 0.330 e. The number of carbonyl (C=O) groups is 1. The Bertz CT molecular complexity index is 563. The summed E-state index contributed by atoms with van der Waals surface area (Å²) in [4.78, 5) is 10.9. The molecule has 0 N–H and O–H groups in total. The second-order valence-electron chi connectivity index (χ2n) is 4.59. The lowest BCUT2D eigenvalue weighted by Gasteiger charge is -1.97. The third kappa shape index (κ3) is 4.97. The van der Waals surface area contributed by atoms with Crippen molar-refractivity contribution in [2.45, 2.75) is 25.0 Å². The molecule has 0 aromatic heterocycles. The molecule has 0 aliphatic carbocycles. The number of esters is 1. The lowest BCUT2D eigenvalue weighted by atomic mass is 10.1. The molecule has 21 heavy (non-hydrogen) atoms. The lowest BCUT2D eigenvalue weighted by molar-refractivity contribution is -0.134. The van der Waals surface area contributed by atoms with Crippen LogP contribution in [0, 0.1) is 11.8 Å². The normalized spacial score (nSPS) is 19.7. The summed E-state index contributed by atoms with van der Waals surface area (Å²) in [7, 11) is 2.99. The molecule has 1 aliphatic heterocycles. The van der Waals surface area contributed by atoms with Crippen LogP contribution in [0.15, 0.2) is 36.4 Å². The molecule has 1 heterocycles. The molecule has 1 fully saturated rings. The van der Waals surface area contributed by atoms with Crippen molar-refractivity contribution in [3.8, 4) is 17.6 Å². The molecule has 0 bridgehead atoms. The van der Waals surface area contributed by atoms with Crippen LogP contribution in [0.4, 0.5) is 0 Å². The van der Waals surface area contributed by atoms with E-state index in [0.29, 0.717) is 0 Å². The Balaban J connectivity index is 1.70. The fourth-order valence-electron chi connectivity index (χ4n) is 1.85. The molecule has 1 aliphatic rings. The first-order chi connectivity index (χ1) is 10.2. The quantitative estimate of drug-likeness (QED) is 0.361. The summed E-state index contributed by atoms with van der Waals surface area (Å²) in [6, 6.07) is 7.64. The predicted octanol–water partition coefficient (Wildman–Crippen LogP) is 2.32. The van der Waals surface area contributed by atoms with Gasteiger partial charge in [-0.1, -0.05) is 11.8 Å². The minimum absolute atomic E-state index is 0.0203. The summed E-state index contributed by atoms with van der Waals surface area (Å²) >= 11 is 0. The first kappa shape index (κ1) is 15.1. The molecule has 4 heteroatoms. The van der Waals surface area contributed by atoms with Crippen LogP contribution in [0.2, 0.25) is 0 Å². The van der Waals surface area contributed by atoms with E-state index in [9.17, 15) is 4.79 Å². The highest BCUT2D eigenvalue weighted by Crippen LogP contribution is 2.27. The van der Waals surface area contributed by atoms with Crippen molar-refractivity contribution in [2.24, 2.45) is 0 Å². The van der Waals surface area contributed by atoms with Gasteiger partial charge in [-0.2, -0.15) is 0 Å². The van der Waals surface area contributed by atoms with E-state index in [-0.39, 0.29) is 18.2 Å². The van der Waals surface area contributed by atoms with Gasteiger partial charge in [0.2, 0.25) is 0 Å². The third-order valence-corrected chi connectivity index (χ3v) is 3.12. The number of hydrogen-bond acceptors (Lipinski definition) is 4. The maximum atomic E-state index is 10.9. The molecule has 0 radical (unpaired) electrons. The Hall–Kier alpha value is -2.25. The standard InChI is InChI=1S/C17H18O4/c1-19-14-9-7-13(8-10-14)5-3-4-6-15-16(21-15)11-12-17(18)20-2/h7-12,15-16H,4,6H2,1-2H3/b12-11+/t15-,16-/m0/s1. The fourth-order valence-corrected chi connectivity index (χ4v) is 1.85. The van der Waals surface area contributed by atoms with Crippen LogP contribution >= 0.6 is 0 Å². The Morgan fingerprint density at radius 2 is 2.10 bits per heavy atom. The summed E-state index contributed by atoms with van der Waals surface area (Å²) in [5.41, 5.74) is 0.967. The Labute approximate surface area is 124 Å². The van der Waals surface area contributed by atoms with Gasteiger partial charge in [0.25, 0.3) is 0 Å². The molecule has 4 nitrogen and oxygen atoms in total. The van der Waals surface area contributed by atoms with E-state index in [4.69, 9.17) is 9.47 Å². The zero-order valence-electron chi connectivity index (χ0n) is 12.2. The van der Waals surface area contributed by atoms with Crippen molar-refractivity contribution in [3.63, 3.8) is 0 Å². The van der Waals surface area contributed by atoms with Crippen molar-refractivity contribution >= 4 is 5.97 Å². The van der Waals surface area contributed by atoms with Crippen LogP contribution in [0.25, 0.3) is 0 Å². The monoisotopic (exact) mass is 286 g/mol. The van der Waals surface area contributed by atoms with Gasteiger partial charge in [-0.05, 0) is 36.8 Å². The fraction of sp³-hybridized carbons (Fsp3) is 0.353. The number of rotatable bonds is 5. The summed E-state index contributed by atoms with van der Waals surface area (Å²) in [6.45, 7) is 0. The Kier molecular flexibility index (Phi) is 5.42. The van der Waals surface area contributed by atoms with Crippen molar-refractivity contribution < 1.29 is 19.0 Å². The highest BCUT2D eigenvalue weighted by molar-refractivity contribution is 5.81. The van der Waals surface area contributed by atoms with Gasteiger partial charge in [-0.3, -0.25) is 0 Å². The van der Waals surface area contributed by atoms with Gasteiger partial charge in [0.05, 0.1) is 20.3 Å². The first-order valence-electron chi connectivity index (χ1n) is 6.77. The molecule has 2 atom stereocenters. The van der Waals surface area contributed by atoms with E-state index in [1.165, 1.54) is 13.2 Å². The van der Waals surface area contributed by atoms with Crippen LogP contribution in [-0.2, 0) is 14.3 Å². The Morgan fingerprint density at radius 3 is 2.76 bits per heavy atom. The van der Waals surface area contributed by atoms with Gasteiger partial charge in [0.1, 0.15) is 11.9 Å². The molecule has 1 aromatic rings. The molecular formula is C17H18O4. The summed E-state index contributed by atoms with van der Waals surface area (Å²) in [5.74, 6) is 6.69. The van der Waals surface area contributed by atoms with E-state index >= 15 is 0 Å². The van der Waals surface area contributed by atoms with Gasteiger partial charge in [-0.15, -0.1) is 0 Å². The van der Waals surface area contributed by atoms with Crippen LogP contribution in [0.3, 0.4) is 0 Å². The molecule has 1 aromatic carbocycles. The van der Waals surface area contributed by atoms with Crippen LogP contribution in [0.5, 0.6) is 5.75 Å². The highest BCUT2D eigenvalue weighted by atomic mass is 16.6. The number of hydrogen-bond donors (Lipinski definition) is 0. The van der Waals surface area contributed by atoms with Crippen molar-refractivity contribution in [1.82, 2.24) is 0 Å². The van der Waals surface area contributed by atoms with Crippen molar-refractivity contribution in [2.75, 3.05) is 14.2 Å². The van der Waals surface area contributed by atoms with Crippen LogP contribution < -0.4 is 4.74 Å².